The Labute approximate surface area is 105 Å². The van der Waals surface area contributed by atoms with Gasteiger partial charge < -0.3 is 10.1 Å². The molecular weight excluding hydrogens is 243 g/mol. The van der Waals surface area contributed by atoms with Crippen molar-refractivity contribution >= 4 is 5.69 Å². The third-order valence-electron chi connectivity index (χ3n) is 2.49. The Bertz CT molecular complexity index is 348. The van der Waals surface area contributed by atoms with Crippen molar-refractivity contribution in [3.63, 3.8) is 0 Å². The number of nitrogens with one attached hydrogen (secondary N) is 1. The van der Waals surface area contributed by atoms with Crippen LogP contribution in [0.15, 0.2) is 24.3 Å². The molecule has 0 radical (unpaired) electrons. The summed E-state index contributed by atoms with van der Waals surface area (Å²) in [6.07, 6.45) is -1.34. The van der Waals surface area contributed by atoms with Gasteiger partial charge in [-0.25, -0.2) is 0 Å². The van der Waals surface area contributed by atoms with Gasteiger partial charge in [-0.1, -0.05) is 19.8 Å². The fourth-order valence-corrected chi connectivity index (χ4v) is 1.62. The number of rotatable bonds is 6. The predicted molar refractivity (Wildman–Crippen MR) is 65.7 cm³/mol. The van der Waals surface area contributed by atoms with E-state index < -0.39 is 6.36 Å². The molecule has 0 aliphatic rings. The Morgan fingerprint density at radius 2 is 1.83 bits per heavy atom. The number of unbranched alkanes of at least 4 members (excludes halogenated alkanes) is 1. The average molecular weight is 261 g/mol. The summed E-state index contributed by atoms with van der Waals surface area (Å²) in [7, 11) is 0. The van der Waals surface area contributed by atoms with E-state index in [1.54, 1.807) is 12.1 Å². The van der Waals surface area contributed by atoms with Crippen molar-refractivity contribution < 1.29 is 17.9 Å². The molecule has 1 rings (SSSR count). The van der Waals surface area contributed by atoms with Crippen LogP contribution >= 0.6 is 0 Å². The van der Waals surface area contributed by atoms with Crippen molar-refractivity contribution in [1.82, 2.24) is 0 Å². The van der Waals surface area contributed by atoms with Crippen molar-refractivity contribution in [3.05, 3.63) is 24.3 Å². The van der Waals surface area contributed by atoms with E-state index in [4.69, 9.17) is 0 Å². The van der Waals surface area contributed by atoms with Crippen LogP contribution in [0.2, 0.25) is 0 Å². The second-order valence-corrected chi connectivity index (χ2v) is 4.26. The van der Waals surface area contributed by atoms with E-state index >= 15 is 0 Å². The Balaban J connectivity index is 2.50. The lowest BCUT2D eigenvalue weighted by atomic mass is 10.1. The first kappa shape index (κ1) is 14.7. The van der Waals surface area contributed by atoms with Crippen LogP contribution in [-0.2, 0) is 0 Å². The van der Waals surface area contributed by atoms with Crippen LogP contribution < -0.4 is 10.1 Å². The third-order valence-corrected chi connectivity index (χ3v) is 2.49. The predicted octanol–water partition coefficient (Wildman–Crippen LogP) is 4.58. The first-order valence-corrected chi connectivity index (χ1v) is 6.03. The molecule has 0 heterocycles. The zero-order valence-electron chi connectivity index (χ0n) is 10.6. The highest BCUT2D eigenvalue weighted by molar-refractivity contribution is 5.46. The van der Waals surface area contributed by atoms with Crippen LogP contribution in [0.5, 0.6) is 5.75 Å². The van der Waals surface area contributed by atoms with Crippen LogP contribution in [0.1, 0.15) is 33.1 Å². The summed E-state index contributed by atoms with van der Waals surface area (Å²) < 4.78 is 39.7. The number of halogens is 3. The quantitative estimate of drug-likeness (QED) is 0.809. The number of hydrogen-bond acceptors (Lipinski definition) is 2. The van der Waals surface area contributed by atoms with E-state index in [0.717, 1.165) is 24.9 Å². The summed E-state index contributed by atoms with van der Waals surface area (Å²) in [5.74, 6) is -0.200. The SMILES string of the molecule is CCCCC(C)Nc1ccc(OC(F)(F)F)cc1. The number of alkyl halides is 3. The summed E-state index contributed by atoms with van der Waals surface area (Å²) in [4.78, 5) is 0. The Kier molecular flexibility index (Phi) is 5.31. The number of anilines is 1. The monoisotopic (exact) mass is 261 g/mol. The summed E-state index contributed by atoms with van der Waals surface area (Å²) in [5.41, 5.74) is 0.799. The molecule has 0 aromatic heterocycles. The highest BCUT2D eigenvalue weighted by Crippen LogP contribution is 2.24. The fourth-order valence-electron chi connectivity index (χ4n) is 1.62. The molecule has 1 aromatic carbocycles. The minimum atomic E-state index is -4.64. The van der Waals surface area contributed by atoms with Crippen LogP contribution in [0.4, 0.5) is 18.9 Å². The van der Waals surface area contributed by atoms with Gasteiger partial charge in [0.15, 0.2) is 0 Å². The first-order chi connectivity index (χ1) is 8.40. The largest absolute Gasteiger partial charge is 0.573 e. The van der Waals surface area contributed by atoms with Gasteiger partial charge in [-0.2, -0.15) is 0 Å². The van der Waals surface area contributed by atoms with Crippen molar-refractivity contribution in [2.45, 2.75) is 45.5 Å². The molecule has 18 heavy (non-hydrogen) atoms. The van der Waals surface area contributed by atoms with Crippen molar-refractivity contribution in [1.29, 1.82) is 0 Å². The molecule has 0 spiro atoms. The molecule has 5 heteroatoms. The van der Waals surface area contributed by atoms with E-state index in [2.05, 4.69) is 23.9 Å². The standard InChI is InChI=1S/C13H18F3NO/c1-3-4-5-10(2)17-11-6-8-12(9-7-11)18-13(14,15)16/h6-10,17H,3-5H2,1-2H3. The number of hydrogen-bond donors (Lipinski definition) is 1. The van der Waals surface area contributed by atoms with Crippen LogP contribution in [0, 0.1) is 0 Å². The summed E-state index contributed by atoms with van der Waals surface area (Å²) in [6, 6.07) is 6.09. The maximum atomic E-state index is 12.0. The van der Waals surface area contributed by atoms with Crippen molar-refractivity contribution in [2.24, 2.45) is 0 Å². The second kappa shape index (κ2) is 6.52. The Hall–Kier alpha value is -1.39. The molecule has 0 amide bonds. The smallest absolute Gasteiger partial charge is 0.406 e. The van der Waals surface area contributed by atoms with E-state index in [0.29, 0.717) is 6.04 Å². The number of benzene rings is 1. The van der Waals surface area contributed by atoms with Gasteiger partial charge >= 0.3 is 6.36 Å². The summed E-state index contributed by atoms with van der Waals surface area (Å²) >= 11 is 0. The van der Waals surface area contributed by atoms with Crippen molar-refractivity contribution in [2.75, 3.05) is 5.32 Å². The number of ether oxygens (including phenoxy) is 1. The van der Waals surface area contributed by atoms with Gasteiger partial charge in [-0.15, -0.1) is 13.2 Å². The average Bonchev–Trinajstić information content (AvgIpc) is 2.27. The minimum Gasteiger partial charge on any atom is -0.406 e. The van der Waals surface area contributed by atoms with Gasteiger partial charge in [-0.3, -0.25) is 0 Å². The Morgan fingerprint density at radius 3 is 2.33 bits per heavy atom. The molecule has 1 atom stereocenters. The fraction of sp³-hybridized carbons (Fsp3) is 0.538. The molecule has 0 aliphatic carbocycles. The maximum absolute atomic E-state index is 12.0. The molecule has 0 aliphatic heterocycles. The normalized spacial score (nSPS) is 13.2. The Morgan fingerprint density at radius 1 is 1.22 bits per heavy atom. The van der Waals surface area contributed by atoms with Gasteiger partial charge in [0.1, 0.15) is 5.75 Å². The topological polar surface area (TPSA) is 21.3 Å². The zero-order chi connectivity index (χ0) is 13.6. The first-order valence-electron chi connectivity index (χ1n) is 6.03. The van der Waals surface area contributed by atoms with Crippen LogP contribution in [0.25, 0.3) is 0 Å². The molecule has 0 saturated carbocycles. The molecular formula is C13H18F3NO. The molecule has 1 N–H and O–H groups in total. The molecule has 2 nitrogen and oxygen atoms in total. The van der Waals surface area contributed by atoms with Crippen molar-refractivity contribution in [3.8, 4) is 5.75 Å². The third kappa shape index (κ3) is 5.80. The van der Waals surface area contributed by atoms with Crippen LogP contribution in [0.3, 0.4) is 0 Å². The van der Waals surface area contributed by atoms with Gasteiger partial charge in [0.25, 0.3) is 0 Å². The summed E-state index contributed by atoms with van der Waals surface area (Å²) in [5, 5.41) is 3.23. The lowest BCUT2D eigenvalue weighted by Gasteiger charge is -2.15. The van der Waals surface area contributed by atoms with E-state index in [9.17, 15) is 13.2 Å². The van der Waals surface area contributed by atoms with Crippen LogP contribution in [-0.4, -0.2) is 12.4 Å². The molecule has 0 bridgehead atoms. The molecule has 0 saturated heterocycles. The highest BCUT2D eigenvalue weighted by Gasteiger charge is 2.30. The van der Waals surface area contributed by atoms with E-state index in [1.807, 2.05) is 0 Å². The lowest BCUT2D eigenvalue weighted by Crippen LogP contribution is -2.17. The minimum absolute atomic E-state index is 0.200. The lowest BCUT2D eigenvalue weighted by molar-refractivity contribution is -0.274. The van der Waals surface area contributed by atoms with E-state index in [1.165, 1.54) is 12.1 Å². The van der Waals surface area contributed by atoms with Gasteiger partial charge in [0, 0.05) is 11.7 Å². The highest BCUT2D eigenvalue weighted by atomic mass is 19.4. The summed E-state index contributed by atoms with van der Waals surface area (Å²) in [6.45, 7) is 4.17. The zero-order valence-corrected chi connectivity index (χ0v) is 10.6. The molecule has 1 aromatic rings. The van der Waals surface area contributed by atoms with Gasteiger partial charge in [-0.05, 0) is 37.6 Å². The molecule has 1 unspecified atom stereocenters. The molecule has 0 fully saturated rings. The molecule has 102 valence electrons. The van der Waals surface area contributed by atoms with E-state index in [-0.39, 0.29) is 5.75 Å². The second-order valence-electron chi connectivity index (χ2n) is 4.26. The van der Waals surface area contributed by atoms with Gasteiger partial charge in [0.2, 0.25) is 0 Å². The van der Waals surface area contributed by atoms with Gasteiger partial charge in [0.05, 0.1) is 0 Å². The maximum Gasteiger partial charge on any atom is 0.573 e.